The summed E-state index contributed by atoms with van der Waals surface area (Å²) in [6.45, 7) is 0. The van der Waals surface area contributed by atoms with Crippen LogP contribution in [0.4, 0.5) is 4.39 Å². The smallest absolute Gasteiger partial charge is 0.271 e. The molecule has 0 saturated heterocycles. The van der Waals surface area contributed by atoms with E-state index in [1.165, 1.54) is 36.1 Å². The molecule has 1 aromatic heterocycles. The average molecular weight is 610 g/mol. The SMILES string of the molecule is COc1cc(C=c2sc3n(c2=O)[C@@H](c2cccc(F)c2)C2=C(N=3)c3ccccc3CC2)cc(I)c1O. The van der Waals surface area contributed by atoms with E-state index in [0.29, 0.717) is 18.7 Å². The quantitative estimate of drug-likeness (QED) is 0.340. The van der Waals surface area contributed by atoms with Crippen molar-refractivity contribution in [3.63, 3.8) is 0 Å². The Hall–Kier alpha value is -3.24. The van der Waals surface area contributed by atoms with Gasteiger partial charge in [-0.2, -0.15) is 0 Å². The monoisotopic (exact) mass is 610 g/mol. The predicted molar refractivity (Wildman–Crippen MR) is 147 cm³/mol. The van der Waals surface area contributed by atoms with E-state index < -0.39 is 6.04 Å². The van der Waals surface area contributed by atoms with Crippen LogP contribution in [0.2, 0.25) is 0 Å². The Balaban J connectivity index is 1.61. The second-order valence-corrected chi connectivity index (χ2v) is 10.9. The van der Waals surface area contributed by atoms with Gasteiger partial charge in [-0.25, -0.2) is 9.38 Å². The first-order valence-corrected chi connectivity index (χ1v) is 13.3. The number of allylic oxidation sites excluding steroid dienone is 1. The highest BCUT2D eigenvalue weighted by Gasteiger charge is 2.32. The molecule has 5 nitrogen and oxygen atoms in total. The molecule has 8 heteroatoms. The number of fused-ring (bicyclic) bond motifs is 3. The summed E-state index contributed by atoms with van der Waals surface area (Å²) in [5, 5.41) is 10.2. The highest BCUT2D eigenvalue weighted by atomic mass is 127. The maximum Gasteiger partial charge on any atom is 0.271 e. The van der Waals surface area contributed by atoms with Crippen LogP contribution >= 0.6 is 33.9 Å². The zero-order valence-electron chi connectivity index (χ0n) is 19.2. The number of aromatic nitrogens is 1. The molecule has 0 fully saturated rings. The van der Waals surface area contributed by atoms with Gasteiger partial charge in [0.05, 0.1) is 27.0 Å². The van der Waals surface area contributed by atoms with Crippen LogP contribution in [-0.4, -0.2) is 16.8 Å². The van der Waals surface area contributed by atoms with Gasteiger partial charge in [0.2, 0.25) is 0 Å². The minimum absolute atomic E-state index is 0.0640. The first kappa shape index (κ1) is 23.2. The first-order valence-electron chi connectivity index (χ1n) is 11.4. The van der Waals surface area contributed by atoms with Crippen molar-refractivity contribution in [1.82, 2.24) is 4.57 Å². The summed E-state index contributed by atoms with van der Waals surface area (Å²) in [5.74, 6) is 0.0653. The molecule has 3 aromatic carbocycles. The van der Waals surface area contributed by atoms with Crippen molar-refractivity contribution in [2.75, 3.05) is 7.11 Å². The predicted octanol–water partition coefficient (Wildman–Crippen LogP) is 4.78. The van der Waals surface area contributed by atoms with Crippen molar-refractivity contribution in [2.45, 2.75) is 18.9 Å². The lowest BCUT2D eigenvalue weighted by molar-refractivity contribution is 0.371. The Morgan fingerprint density at radius 1 is 1.17 bits per heavy atom. The van der Waals surface area contributed by atoms with Crippen molar-refractivity contribution in [1.29, 1.82) is 0 Å². The largest absolute Gasteiger partial charge is 0.504 e. The number of aryl methyl sites for hydroxylation is 1. The minimum Gasteiger partial charge on any atom is -0.504 e. The van der Waals surface area contributed by atoms with Gasteiger partial charge in [-0.1, -0.05) is 47.7 Å². The third-order valence-corrected chi connectivity index (χ3v) is 8.41. The number of phenolic OH excluding ortho intramolecular Hbond substituents is 1. The van der Waals surface area contributed by atoms with Crippen LogP contribution in [0.1, 0.15) is 34.7 Å². The van der Waals surface area contributed by atoms with Gasteiger partial charge < -0.3 is 9.84 Å². The van der Waals surface area contributed by atoms with Crippen LogP contribution in [0.3, 0.4) is 0 Å². The summed E-state index contributed by atoms with van der Waals surface area (Å²) < 4.78 is 22.4. The number of thiazole rings is 1. The lowest BCUT2D eigenvalue weighted by Gasteiger charge is -2.30. The van der Waals surface area contributed by atoms with Gasteiger partial charge in [-0.15, -0.1) is 0 Å². The number of nitrogens with zero attached hydrogens (tertiary/aromatic N) is 2. The van der Waals surface area contributed by atoms with Crippen LogP contribution in [0.5, 0.6) is 11.5 Å². The van der Waals surface area contributed by atoms with Crippen molar-refractivity contribution in [2.24, 2.45) is 4.99 Å². The maximum absolute atomic E-state index is 14.3. The second-order valence-electron chi connectivity index (χ2n) is 8.72. The molecule has 2 heterocycles. The number of phenols is 1. The number of hydrogen-bond donors (Lipinski definition) is 1. The molecule has 0 bridgehead atoms. The van der Waals surface area contributed by atoms with Gasteiger partial charge in [0.25, 0.3) is 5.56 Å². The minimum atomic E-state index is -0.433. The summed E-state index contributed by atoms with van der Waals surface area (Å²) in [6.07, 6.45) is 3.37. The van der Waals surface area contributed by atoms with Crippen molar-refractivity contribution in [3.8, 4) is 11.5 Å². The van der Waals surface area contributed by atoms with E-state index in [0.717, 1.165) is 40.8 Å². The lowest BCUT2D eigenvalue weighted by Crippen LogP contribution is -2.38. The average Bonchev–Trinajstić information content (AvgIpc) is 3.19. The molecule has 0 spiro atoms. The summed E-state index contributed by atoms with van der Waals surface area (Å²) in [7, 11) is 1.49. The standard InChI is InChI=1S/C28H20FIN2O3S/c1-35-22-12-15(11-21(30)26(22)33)13-23-27(34)32-25(17-6-4-7-18(29)14-17)20-10-9-16-5-2-3-8-19(16)24(20)31-28(32)36-23/h2-8,11-14,25,33H,9-10H2,1H3/t25-/m0/s1. The van der Waals surface area contributed by atoms with E-state index in [1.54, 1.807) is 28.8 Å². The number of benzene rings is 3. The van der Waals surface area contributed by atoms with Gasteiger partial charge in [0.1, 0.15) is 5.82 Å². The number of halogens is 2. The topological polar surface area (TPSA) is 63.8 Å². The molecule has 0 unspecified atom stereocenters. The summed E-state index contributed by atoms with van der Waals surface area (Å²) in [6, 6.07) is 17.7. The number of methoxy groups -OCH3 is 1. The third-order valence-electron chi connectivity index (χ3n) is 6.61. The number of aromatic hydroxyl groups is 1. The Bertz CT molecular complexity index is 1760. The van der Waals surface area contributed by atoms with Gasteiger partial charge in [-0.05, 0) is 88.0 Å². The van der Waals surface area contributed by atoms with E-state index in [1.807, 2.05) is 40.8 Å². The van der Waals surface area contributed by atoms with Crippen LogP contribution in [0, 0.1) is 9.39 Å². The molecular weight excluding hydrogens is 590 g/mol. The molecule has 0 saturated carbocycles. The summed E-state index contributed by atoms with van der Waals surface area (Å²) in [4.78, 5) is 19.4. The van der Waals surface area contributed by atoms with Crippen molar-refractivity contribution < 1.29 is 14.2 Å². The van der Waals surface area contributed by atoms with Gasteiger partial charge in [-0.3, -0.25) is 9.36 Å². The van der Waals surface area contributed by atoms with Gasteiger partial charge >= 0.3 is 0 Å². The summed E-state index contributed by atoms with van der Waals surface area (Å²) >= 11 is 3.34. The van der Waals surface area contributed by atoms with Crippen molar-refractivity contribution in [3.05, 3.63) is 118 Å². The van der Waals surface area contributed by atoms with Crippen molar-refractivity contribution >= 4 is 45.7 Å². The molecule has 1 N–H and O–H groups in total. The molecule has 1 aliphatic carbocycles. The van der Waals surface area contributed by atoms with E-state index in [9.17, 15) is 14.3 Å². The van der Waals surface area contributed by atoms with Crippen LogP contribution in [-0.2, 0) is 6.42 Å². The second kappa shape index (κ2) is 9.01. The molecule has 4 aromatic rings. The molecule has 1 atom stereocenters. The lowest BCUT2D eigenvalue weighted by atomic mass is 9.83. The highest BCUT2D eigenvalue weighted by molar-refractivity contribution is 14.1. The number of rotatable bonds is 3. The zero-order chi connectivity index (χ0) is 25.0. The van der Waals surface area contributed by atoms with Crippen LogP contribution in [0.15, 0.2) is 76.0 Å². The van der Waals surface area contributed by atoms with E-state index >= 15 is 0 Å². The molecule has 0 amide bonds. The fourth-order valence-electron chi connectivity index (χ4n) is 4.98. The Morgan fingerprint density at radius 2 is 2.00 bits per heavy atom. The van der Waals surface area contributed by atoms with Gasteiger partial charge in [0, 0.05) is 5.56 Å². The van der Waals surface area contributed by atoms with E-state index in [-0.39, 0.29) is 17.1 Å². The normalized spacial score (nSPS) is 16.8. The fraction of sp³-hybridized carbons (Fsp3) is 0.143. The Morgan fingerprint density at radius 3 is 2.81 bits per heavy atom. The first-order chi connectivity index (χ1) is 17.4. The van der Waals surface area contributed by atoms with Crippen LogP contribution in [0.25, 0.3) is 11.8 Å². The third kappa shape index (κ3) is 3.79. The molecule has 1 aliphatic heterocycles. The van der Waals surface area contributed by atoms with Gasteiger partial charge in [0.15, 0.2) is 16.3 Å². The van der Waals surface area contributed by atoms with Crippen LogP contribution < -0.4 is 19.6 Å². The summed E-state index contributed by atoms with van der Waals surface area (Å²) in [5.41, 5.74) is 5.47. The zero-order valence-corrected chi connectivity index (χ0v) is 22.1. The van der Waals surface area contributed by atoms with E-state index in [4.69, 9.17) is 9.73 Å². The Kier molecular flexibility index (Phi) is 5.80. The number of ether oxygens (including phenoxy) is 1. The maximum atomic E-state index is 14.3. The fourth-order valence-corrected chi connectivity index (χ4v) is 6.61. The van der Waals surface area contributed by atoms with E-state index in [2.05, 4.69) is 12.1 Å². The molecular formula is C28H20FIN2O3S. The molecule has 36 heavy (non-hydrogen) atoms. The molecule has 6 rings (SSSR count). The highest BCUT2D eigenvalue weighted by Crippen LogP contribution is 2.41. The molecule has 180 valence electrons. The Labute approximate surface area is 223 Å². The molecule has 2 aliphatic rings. The number of hydrogen-bond acceptors (Lipinski definition) is 5. The molecule has 0 radical (unpaired) electrons.